The van der Waals surface area contributed by atoms with Gasteiger partial charge in [-0.3, -0.25) is 0 Å². The van der Waals surface area contributed by atoms with E-state index in [1.165, 1.54) is 0 Å². The van der Waals surface area contributed by atoms with E-state index in [0.29, 0.717) is 0 Å². The molecule has 0 amide bonds. The van der Waals surface area contributed by atoms with E-state index < -0.39 is 0 Å². The minimum Gasteiger partial charge on any atom is -0.497 e. The second-order valence-electron chi connectivity index (χ2n) is 5.25. The number of rotatable bonds is 1. The van der Waals surface area contributed by atoms with Gasteiger partial charge in [0.25, 0.3) is 0 Å². The summed E-state index contributed by atoms with van der Waals surface area (Å²) < 4.78 is 11.5. The van der Waals surface area contributed by atoms with Crippen molar-refractivity contribution in [3.8, 4) is 11.5 Å². The quantitative estimate of drug-likeness (QED) is 0.792. The number of nitrogens with one attached hydrogen (secondary N) is 1. The SMILES string of the molecule is COc1ccc2c(c1)OC1(CCNCC1)C[C@H]2N. The first-order chi connectivity index (χ1) is 8.72. The van der Waals surface area contributed by atoms with Gasteiger partial charge in [-0.15, -0.1) is 0 Å². The van der Waals surface area contributed by atoms with Crippen molar-refractivity contribution in [2.24, 2.45) is 5.73 Å². The Hall–Kier alpha value is -1.26. The molecular weight excluding hydrogens is 228 g/mol. The Morgan fingerprint density at radius 1 is 1.39 bits per heavy atom. The third kappa shape index (κ3) is 1.95. The zero-order valence-corrected chi connectivity index (χ0v) is 10.7. The maximum absolute atomic E-state index is 6.30. The highest BCUT2D eigenvalue weighted by Gasteiger charge is 2.40. The second-order valence-corrected chi connectivity index (χ2v) is 5.25. The molecule has 2 aliphatic rings. The largest absolute Gasteiger partial charge is 0.497 e. The van der Waals surface area contributed by atoms with E-state index in [9.17, 15) is 0 Å². The summed E-state index contributed by atoms with van der Waals surface area (Å²) in [5.74, 6) is 1.72. The molecule has 0 radical (unpaired) electrons. The van der Waals surface area contributed by atoms with Gasteiger partial charge in [-0.25, -0.2) is 0 Å². The van der Waals surface area contributed by atoms with Gasteiger partial charge < -0.3 is 20.5 Å². The fraction of sp³-hybridized carbons (Fsp3) is 0.571. The van der Waals surface area contributed by atoms with Crippen LogP contribution in [-0.4, -0.2) is 25.8 Å². The summed E-state index contributed by atoms with van der Waals surface area (Å²) in [6.07, 6.45) is 2.96. The Labute approximate surface area is 107 Å². The predicted molar refractivity (Wildman–Crippen MR) is 70.0 cm³/mol. The number of benzene rings is 1. The topological polar surface area (TPSA) is 56.5 Å². The highest BCUT2D eigenvalue weighted by atomic mass is 16.5. The Morgan fingerprint density at radius 2 is 2.17 bits per heavy atom. The van der Waals surface area contributed by atoms with Crippen molar-refractivity contribution < 1.29 is 9.47 Å². The molecule has 1 fully saturated rings. The minimum absolute atomic E-state index is 0.0674. The summed E-state index contributed by atoms with van der Waals surface area (Å²) in [5, 5.41) is 3.37. The molecule has 1 atom stereocenters. The first-order valence-corrected chi connectivity index (χ1v) is 6.56. The van der Waals surface area contributed by atoms with Crippen LogP contribution in [0.3, 0.4) is 0 Å². The molecule has 4 heteroatoms. The first kappa shape index (κ1) is 11.8. The van der Waals surface area contributed by atoms with Gasteiger partial charge in [0.1, 0.15) is 17.1 Å². The maximum Gasteiger partial charge on any atom is 0.128 e. The molecule has 18 heavy (non-hydrogen) atoms. The highest BCUT2D eigenvalue weighted by Crippen LogP contribution is 2.43. The molecule has 0 aromatic heterocycles. The van der Waals surface area contributed by atoms with Crippen molar-refractivity contribution >= 4 is 0 Å². The van der Waals surface area contributed by atoms with E-state index in [2.05, 4.69) is 5.32 Å². The van der Waals surface area contributed by atoms with Crippen LogP contribution in [0.15, 0.2) is 18.2 Å². The van der Waals surface area contributed by atoms with Crippen molar-refractivity contribution in [3.63, 3.8) is 0 Å². The van der Waals surface area contributed by atoms with Crippen LogP contribution in [0.5, 0.6) is 11.5 Å². The Kier molecular flexibility index (Phi) is 2.92. The molecule has 98 valence electrons. The number of hydrogen-bond donors (Lipinski definition) is 2. The van der Waals surface area contributed by atoms with Gasteiger partial charge >= 0.3 is 0 Å². The minimum atomic E-state index is -0.0793. The van der Waals surface area contributed by atoms with Gasteiger partial charge in [0.05, 0.1) is 7.11 Å². The Balaban J connectivity index is 1.94. The lowest BCUT2D eigenvalue weighted by molar-refractivity contribution is 0.00774. The fourth-order valence-electron chi connectivity index (χ4n) is 3.01. The molecule has 4 nitrogen and oxygen atoms in total. The molecular formula is C14H20N2O2. The van der Waals surface area contributed by atoms with Crippen molar-refractivity contribution in [1.82, 2.24) is 5.32 Å². The average molecular weight is 248 g/mol. The van der Waals surface area contributed by atoms with Gasteiger partial charge in [-0.1, -0.05) is 6.07 Å². The van der Waals surface area contributed by atoms with Crippen LogP contribution in [0, 0.1) is 0 Å². The molecule has 0 aliphatic carbocycles. The molecule has 0 unspecified atom stereocenters. The molecule has 2 heterocycles. The summed E-state index contributed by atoms with van der Waals surface area (Å²) >= 11 is 0. The third-order valence-electron chi connectivity index (χ3n) is 4.05. The lowest BCUT2D eigenvalue weighted by atomic mass is 9.81. The molecule has 1 spiro atoms. The van der Waals surface area contributed by atoms with Crippen LogP contribution < -0.4 is 20.5 Å². The second kappa shape index (κ2) is 4.44. The van der Waals surface area contributed by atoms with E-state index in [1.807, 2.05) is 18.2 Å². The van der Waals surface area contributed by atoms with Crippen molar-refractivity contribution in [3.05, 3.63) is 23.8 Å². The molecule has 1 saturated heterocycles. The van der Waals surface area contributed by atoms with Crippen LogP contribution in [0.25, 0.3) is 0 Å². The molecule has 3 rings (SSSR count). The standard InChI is InChI=1S/C14H20N2O2/c1-17-10-2-3-11-12(15)9-14(18-13(11)8-10)4-6-16-7-5-14/h2-3,8,12,16H,4-7,9,15H2,1H3/t12-/m1/s1. The van der Waals surface area contributed by atoms with Crippen LogP contribution in [0.1, 0.15) is 30.9 Å². The molecule has 0 bridgehead atoms. The normalized spacial score (nSPS) is 25.3. The monoisotopic (exact) mass is 248 g/mol. The zero-order valence-electron chi connectivity index (χ0n) is 10.7. The smallest absolute Gasteiger partial charge is 0.128 e. The molecule has 3 N–H and O–H groups in total. The molecule has 0 saturated carbocycles. The van der Waals surface area contributed by atoms with E-state index in [1.54, 1.807) is 7.11 Å². The van der Waals surface area contributed by atoms with E-state index in [4.69, 9.17) is 15.2 Å². The van der Waals surface area contributed by atoms with Gasteiger partial charge in [0, 0.05) is 24.1 Å². The first-order valence-electron chi connectivity index (χ1n) is 6.56. The zero-order chi connectivity index (χ0) is 12.6. The van der Waals surface area contributed by atoms with Crippen molar-refractivity contribution in [1.29, 1.82) is 0 Å². The molecule has 1 aromatic rings. The van der Waals surface area contributed by atoms with Gasteiger partial charge in [0.2, 0.25) is 0 Å². The van der Waals surface area contributed by atoms with Crippen LogP contribution in [0.2, 0.25) is 0 Å². The van der Waals surface area contributed by atoms with Crippen molar-refractivity contribution in [2.75, 3.05) is 20.2 Å². The molecule has 2 aliphatic heterocycles. The number of ether oxygens (including phenoxy) is 2. The highest BCUT2D eigenvalue weighted by molar-refractivity contribution is 5.44. The summed E-state index contributed by atoms with van der Waals surface area (Å²) in [5.41, 5.74) is 7.32. The van der Waals surface area contributed by atoms with Crippen LogP contribution in [0.4, 0.5) is 0 Å². The summed E-state index contributed by atoms with van der Waals surface area (Å²) in [6.45, 7) is 2.01. The van der Waals surface area contributed by atoms with E-state index >= 15 is 0 Å². The van der Waals surface area contributed by atoms with Gasteiger partial charge in [-0.2, -0.15) is 0 Å². The number of fused-ring (bicyclic) bond motifs is 1. The van der Waals surface area contributed by atoms with Gasteiger partial charge in [-0.05, 0) is 32.0 Å². The Morgan fingerprint density at radius 3 is 2.89 bits per heavy atom. The lowest BCUT2D eigenvalue weighted by Crippen LogP contribution is -2.50. The molecule has 1 aromatic carbocycles. The predicted octanol–water partition coefficient (Wildman–Crippen LogP) is 1.60. The fourth-order valence-corrected chi connectivity index (χ4v) is 3.01. The van der Waals surface area contributed by atoms with Crippen molar-refractivity contribution in [2.45, 2.75) is 30.9 Å². The van der Waals surface area contributed by atoms with Crippen LogP contribution in [-0.2, 0) is 0 Å². The van der Waals surface area contributed by atoms with E-state index in [-0.39, 0.29) is 11.6 Å². The average Bonchev–Trinajstić information content (AvgIpc) is 2.38. The van der Waals surface area contributed by atoms with Gasteiger partial charge in [0.15, 0.2) is 0 Å². The number of piperidine rings is 1. The number of methoxy groups -OCH3 is 1. The lowest BCUT2D eigenvalue weighted by Gasteiger charge is -2.43. The van der Waals surface area contributed by atoms with E-state index in [0.717, 1.165) is 49.4 Å². The number of nitrogens with two attached hydrogens (primary N) is 1. The summed E-state index contributed by atoms with van der Waals surface area (Å²) in [6, 6.07) is 5.99. The summed E-state index contributed by atoms with van der Waals surface area (Å²) in [7, 11) is 1.67. The summed E-state index contributed by atoms with van der Waals surface area (Å²) in [4.78, 5) is 0. The maximum atomic E-state index is 6.30. The Bertz CT molecular complexity index is 441. The van der Waals surface area contributed by atoms with Crippen LogP contribution >= 0.6 is 0 Å². The number of hydrogen-bond acceptors (Lipinski definition) is 4. The third-order valence-corrected chi connectivity index (χ3v) is 4.05.